The van der Waals surface area contributed by atoms with E-state index in [0.29, 0.717) is 142 Å². The molecule has 0 fully saturated rings. The molecule has 0 radical (unpaired) electrons. The number of hydrogen-bond acceptors (Lipinski definition) is 23. The van der Waals surface area contributed by atoms with Gasteiger partial charge in [0.15, 0.2) is 0 Å². The smallest absolute Gasteiger partial charge is 0.347 e. The molecule has 0 aromatic rings. The van der Waals surface area contributed by atoms with Crippen LogP contribution in [-0.4, -0.2) is 167 Å². The number of carbonyl (C=O) groups excluding carboxylic acids is 9. The summed E-state index contributed by atoms with van der Waals surface area (Å²) in [5.74, 6) is -5.95. The van der Waals surface area contributed by atoms with Crippen molar-refractivity contribution in [2.75, 3.05) is 58.9 Å². The second-order valence-corrected chi connectivity index (χ2v) is 20.2. The first-order valence-corrected chi connectivity index (χ1v) is 29.3. The molecule has 29 heteroatoms. The van der Waals surface area contributed by atoms with Crippen molar-refractivity contribution in [3.05, 3.63) is 0 Å². The van der Waals surface area contributed by atoms with E-state index in [0.717, 1.165) is 0 Å². The maximum absolute atomic E-state index is 14.2. The summed E-state index contributed by atoms with van der Waals surface area (Å²) in [6.45, 7) is 2.72. The van der Waals surface area contributed by atoms with E-state index in [1.807, 2.05) is 0 Å². The number of hydrogen-bond donors (Lipinski definition) is 18. The molecule has 0 aliphatic carbocycles. The fourth-order valence-electron chi connectivity index (χ4n) is 8.27. The second-order valence-electron chi connectivity index (χ2n) is 20.2. The molecule has 28 N–H and O–H groups in total. The molecule has 0 aromatic heterocycles. The van der Waals surface area contributed by atoms with Gasteiger partial charge in [-0.15, -0.1) is 11.0 Å². The van der Waals surface area contributed by atoms with Crippen molar-refractivity contribution in [3.8, 4) is 0 Å². The summed E-state index contributed by atoms with van der Waals surface area (Å²) in [4.78, 5) is 133. The molecule has 81 heavy (non-hydrogen) atoms. The Hall–Kier alpha value is -5.05. The van der Waals surface area contributed by atoms with Gasteiger partial charge >= 0.3 is 11.9 Å². The largest absolute Gasteiger partial charge is 0.368 e. The standard InChI is InChI=1S/C52H106N18O11/c53-26-8-1-17-36(35-71)63-46(73)38(19-3-10-28-55)65-49(76)41(22-6-13-31-58)69-81-52(79)44(25-16-34-61)68-48(75)40(21-5-12-30-57)66-50(77)42(23-7-14-32-59)70-80-51(78)43(24-15-33-60)67-47(74)39(20-4-11-29-56)64-45(72)37(62)18-2-9-27-54/h35-44,69-70H,1-34,53-62H2,(H,63,73)(H,64,72)(H,65,76)(H,66,77)(H,67,74)(H,68,75)/t36-,37-,38-,39-,40-,41-,42-,43-,44-/m0/s1. The van der Waals surface area contributed by atoms with Gasteiger partial charge < -0.3 is 104 Å². The minimum atomic E-state index is -1.34. The quantitative estimate of drug-likeness (QED) is 0.0155. The number of carbonyl (C=O) groups is 9. The lowest BCUT2D eigenvalue weighted by Crippen LogP contribution is -2.57. The highest BCUT2D eigenvalue weighted by molar-refractivity contribution is 5.94. The van der Waals surface area contributed by atoms with Crippen molar-refractivity contribution in [1.82, 2.24) is 42.9 Å². The van der Waals surface area contributed by atoms with Crippen LogP contribution in [0.5, 0.6) is 0 Å². The number of aldehydes is 1. The summed E-state index contributed by atoms with van der Waals surface area (Å²) in [5, 5.41) is 16.2. The average Bonchev–Trinajstić information content (AvgIpc) is 3.45. The predicted molar refractivity (Wildman–Crippen MR) is 309 cm³/mol. The Bertz CT molecular complexity index is 1760. The number of unbranched alkanes of at least 4 members (excludes halogenated alkanes) is 7. The van der Waals surface area contributed by atoms with Crippen molar-refractivity contribution in [3.63, 3.8) is 0 Å². The SMILES string of the molecule is NCCCC[C@@H](C=O)NC(=O)[C@H](CCCCN)NC(=O)[C@H](CCCCN)NOC(=O)[C@H](CCCN)NC(=O)[C@H](CCCCN)NC(=O)[C@H](CCCCN)NOC(=O)[C@H](CCCN)NC(=O)[C@H](CCCCN)NC(=O)[C@@H](N)CCCCN. The van der Waals surface area contributed by atoms with Crippen molar-refractivity contribution in [2.24, 2.45) is 57.3 Å². The van der Waals surface area contributed by atoms with Gasteiger partial charge in [-0.2, -0.15) is 0 Å². The lowest BCUT2D eigenvalue weighted by Gasteiger charge is -2.26. The van der Waals surface area contributed by atoms with Gasteiger partial charge in [-0.3, -0.25) is 28.8 Å². The minimum Gasteiger partial charge on any atom is -0.368 e. The molecule has 0 aromatic carbocycles. The fourth-order valence-corrected chi connectivity index (χ4v) is 8.27. The highest BCUT2D eigenvalue weighted by atomic mass is 16.7. The Labute approximate surface area is 479 Å². The molecule has 470 valence electrons. The molecule has 0 aliphatic rings. The Balaban J connectivity index is 6.54. The molecule has 0 aliphatic heterocycles. The monoisotopic (exact) mass is 1160 g/mol. The van der Waals surface area contributed by atoms with Crippen LogP contribution in [0.15, 0.2) is 0 Å². The molecule has 0 saturated heterocycles. The molecule has 0 unspecified atom stereocenters. The second kappa shape index (κ2) is 49.5. The van der Waals surface area contributed by atoms with Gasteiger partial charge in [0.1, 0.15) is 48.6 Å². The third kappa shape index (κ3) is 35.5. The van der Waals surface area contributed by atoms with Crippen LogP contribution in [0, 0.1) is 0 Å². The first kappa shape index (κ1) is 76.0. The van der Waals surface area contributed by atoms with Crippen molar-refractivity contribution in [2.45, 2.75) is 215 Å². The first-order chi connectivity index (χ1) is 39.0. The third-order valence-electron chi connectivity index (χ3n) is 13.2. The topological polar surface area (TPSA) is 529 Å². The number of nitrogens with two attached hydrogens (primary N) is 10. The average molecular weight is 1160 g/mol. The van der Waals surface area contributed by atoms with Crippen molar-refractivity contribution < 1.29 is 52.8 Å². The van der Waals surface area contributed by atoms with Crippen LogP contribution in [-0.2, 0) is 52.8 Å². The van der Waals surface area contributed by atoms with Gasteiger partial charge in [0.05, 0.1) is 12.1 Å². The van der Waals surface area contributed by atoms with E-state index in [1.54, 1.807) is 0 Å². The van der Waals surface area contributed by atoms with E-state index in [4.69, 9.17) is 67.0 Å². The lowest BCUT2D eigenvalue weighted by molar-refractivity contribution is -0.159. The van der Waals surface area contributed by atoms with Gasteiger partial charge in [-0.05, 0) is 213 Å². The molecule has 0 heterocycles. The summed E-state index contributed by atoms with van der Waals surface area (Å²) >= 11 is 0. The molecule has 9 atom stereocenters. The highest BCUT2D eigenvalue weighted by Crippen LogP contribution is 2.12. The molecule has 0 rings (SSSR count). The van der Waals surface area contributed by atoms with Gasteiger partial charge in [0.2, 0.25) is 35.4 Å². The summed E-state index contributed by atoms with van der Waals surface area (Å²) < 4.78 is 0. The Morgan fingerprint density at radius 2 is 0.543 bits per heavy atom. The van der Waals surface area contributed by atoms with E-state index >= 15 is 0 Å². The summed E-state index contributed by atoms with van der Waals surface area (Å²) in [6.07, 6.45) is 9.89. The summed E-state index contributed by atoms with van der Waals surface area (Å²) in [6, 6.07) is -10.1. The zero-order valence-corrected chi connectivity index (χ0v) is 48.1. The van der Waals surface area contributed by atoms with E-state index in [2.05, 4.69) is 42.9 Å². The minimum absolute atomic E-state index is 0.00645. The Morgan fingerprint density at radius 1 is 0.296 bits per heavy atom. The van der Waals surface area contributed by atoms with Crippen LogP contribution in [0.1, 0.15) is 161 Å². The maximum Gasteiger partial charge on any atom is 0.347 e. The van der Waals surface area contributed by atoms with E-state index in [1.165, 1.54) is 0 Å². The normalized spacial score (nSPS) is 14.6. The summed E-state index contributed by atoms with van der Waals surface area (Å²) in [5.41, 5.74) is 62.7. The van der Waals surface area contributed by atoms with Crippen LogP contribution >= 0.6 is 0 Å². The van der Waals surface area contributed by atoms with Gasteiger partial charge in [-0.25, -0.2) is 9.59 Å². The molecular weight excluding hydrogens is 1050 g/mol. The van der Waals surface area contributed by atoms with Crippen molar-refractivity contribution >= 4 is 53.7 Å². The number of rotatable bonds is 53. The third-order valence-corrected chi connectivity index (χ3v) is 13.2. The molecule has 0 spiro atoms. The lowest BCUT2D eigenvalue weighted by atomic mass is 10.0. The molecule has 29 nitrogen and oxygen atoms in total. The number of amides is 6. The molecule has 6 amide bonds. The van der Waals surface area contributed by atoms with Gasteiger partial charge in [0.25, 0.3) is 0 Å². The van der Waals surface area contributed by atoms with E-state index in [9.17, 15) is 43.2 Å². The van der Waals surface area contributed by atoms with Crippen LogP contribution in [0.2, 0.25) is 0 Å². The number of hydroxylamine groups is 2. The molecule has 0 bridgehead atoms. The molecule has 0 saturated carbocycles. The Morgan fingerprint density at radius 3 is 0.864 bits per heavy atom. The number of nitrogens with one attached hydrogen (secondary N) is 8. The van der Waals surface area contributed by atoms with Crippen LogP contribution in [0.4, 0.5) is 0 Å². The summed E-state index contributed by atoms with van der Waals surface area (Å²) in [7, 11) is 0. The highest BCUT2D eigenvalue weighted by Gasteiger charge is 2.34. The predicted octanol–water partition coefficient (Wildman–Crippen LogP) is -4.36. The van der Waals surface area contributed by atoms with Crippen molar-refractivity contribution in [1.29, 1.82) is 0 Å². The molecular formula is C52H106N18O11. The van der Waals surface area contributed by atoms with Gasteiger partial charge in [-0.1, -0.05) is 6.42 Å². The zero-order valence-electron chi connectivity index (χ0n) is 48.1. The van der Waals surface area contributed by atoms with E-state index < -0.39 is 102 Å². The van der Waals surface area contributed by atoms with Crippen LogP contribution < -0.4 is 100 Å². The maximum atomic E-state index is 14.2. The fraction of sp³-hybridized carbons (Fsp3) is 0.827. The van der Waals surface area contributed by atoms with Crippen LogP contribution in [0.25, 0.3) is 0 Å². The van der Waals surface area contributed by atoms with Gasteiger partial charge in [0, 0.05) is 0 Å². The first-order valence-electron chi connectivity index (χ1n) is 29.3. The zero-order chi connectivity index (χ0) is 60.6. The van der Waals surface area contributed by atoms with Crippen LogP contribution in [0.3, 0.4) is 0 Å². The Kier molecular flexibility index (Phi) is 46.5. The van der Waals surface area contributed by atoms with E-state index in [-0.39, 0.29) is 84.0 Å².